The number of hydrogen-bond acceptors (Lipinski definition) is 4. The maximum Gasteiger partial charge on any atom is 0.251 e. The quantitative estimate of drug-likeness (QED) is 0.796. The molecule has 0 saturated carbocycles. The average molecular weight is 290 g/mol. The van der Waals surface area contributed by atoms with Crippen LogP contribution in [-0.4, -0.2) is 17.4 Å². The lowest BCUT2D eigenvalue weighted by molar-refractivity contribution is 0.0952. The number of thiazole rings is 1. The Labute approximate surface area is 122 Å². The molecule has 0 radical (unpaired) electrons. The van der Waals surface area contributed by atoms with Crippen molar-refractivity contribution in [3.05, 3.63) is 46.4 Å². The molecule has 2 rings (SSSR count). The lowest BCUT2D eigenvalue weighted by Crippen LogP contribution is -2.24. The molecule has 0 spiro atoms. The first kappa shape index (κ1) is 14.5. The van der Waals surface area contributed by atoms with Gasteiger partial charge in [-0.3, -0.25) is 4.79 Å². The van der Waals surface area contributed by atoms with E-state index in [0.29, 0.717) is 24.5 Å². The van der Waals surface area contributed by atoms with E-state index in [1.165, 1.54) is 11.3 Å². The number of carbonyl (C=O) groups excluding carboxylic acids is 1. The summed E-state index contributed by atoms with van der Waals surface area (Å²) in [5.74, 6) is 0.624. The van der Waals surface area contributed by atoms with Crippen LogP contribution in [0, 0.1) is 0 Å². The minimum atomic E-state index is -0.0578. The lowest BCUT2D eigenvalue weighted by atomic mass is 10.2. The standard InChI is InChI=1S/C15H18N2O2S/c1-2-3-7-16-15(18)12-5-4-6-14(8-12)19-9-13-10-20-11-17-13/h4-6,8,10-11H,2-3,7,9H2,1H3,(H,16,18). The van der Waals surface area contributed by atoms with Crippen molar-refractivity contribution in [1.29, 1.82) is 0 Å². The van der Waals surface area contributed by atoms with Crippen LogP contribution in [0.15, 0.2) is 35.2 Å². The third kappa shape index (κ3) is 4.35. The van der Waals surface area contributed by atoms with Crippen LogP contribution in [0.4, 0.5) is 0 Å². The maximum absolute atomic E-state index is 11.9. The van der Waals surface area contributed by atoms with Crippen LogP contribution in [-0.2, 0) is 6.61 Å². The minimum absolute atomic E-state index is 0.0578. The van der Waals surface area contributed by atoms with Gasteiger partial charge in [-0.05, 0) is 24.6 Å². The number of rotatable bonds is 7. The van der Waals surface area contributed by atoms with E-state index in [4.69, 9.17) is 4.74 Å². The third-order valence-corrected chi connectivity index (χ3v) is 3.42. The summed E-state index contributed by atoms with van der Waals surface area (Å²) in [4.78, 5) is 16.1. The molecule has 1 N–H and O–H groups in total. The van der Waals surface area contributed by atoms with Crippen LogP contribution >= 0.6 is 11.3 Å². The second-order valence-electron chi connectivity index (χ2n) is 4.41. The van der Waals surface area contributed by atoms with Gasteiger partial charge in [-0.2, -0.15) is 0 Å². The van der Waals surface area contributed by atoms with Crippen molar-refractivity contribution in [2.45, 2.75) is 26.4 Å². The van der Waals surface area contributed by atoms with E-state index in [2.05, 4.69) is 17.2 Å². The molecule has 0 atom stereocenters. The Kier molecular flexibility index (Phi) is 5.55. The van der Waals surface area contributed by atoms with Crippen molar-refractivity contribution in [2.75, 3.05) is 6.54 Å². The fraction of sp³-hybridized carbons (Fsp3) is 0.333. The van der Waals surface area contributed by atoms with Gasteiger partial charge in [0.25, 0.3) is 5.91 Å². The summed E-state index contributed by atoms with van der Waals surface area (Å²) in [7, 11) is 0. The zero-order chi connectivity index (χ0) is 14.2. The van der Waals surface area contributed by atoms with Gasteiger partial charge < -0.3 is 10.1 Å². The van der Waals surface area contributed by atoms with Crippen LogP contribution in [0.25, 0.3) is 0 Å². The highest BCUT2D eigenvalue weighted by Crippen LogP contribution is 2.15. The van der Waals surface area contributed by atoms with E-state index >= 15 is 0 Å². The normalized spacial score (nSPS) is 10.2. The van der Waals surface area contributed by atoms with Crippen LogP contribution < -0.4 is 10.1 Å². The van der Waals surface area contributed by atoms with Gasteiger partial charge in [0.05, 0.1) is 11.2 Å². The number of carbonyl (C=O) groups is 1. The van der Waals surface area contributed by atoms with Crippen LogP contribution in [0.3, 0.4) is 0 Å². The van der Waals surface area contributed by atoms with E-state index in [9.17, 15) is 4.79 Å². The molecule has 0 aliphatic rings. The van der Waals surface area contributed by atoms with Gasteiger partial charge in [-0.25, -0.2) is 4.98 Å². The number of ether oxygens (including phenoxy) is 1. The highest BCUT2D eigenvalue weighted by atomic mass is 32.1. The number of nitrogens with one attached hydrogen (secondary N) is 1. The highest BCUT2D eigenvalue weighted by Gasteiger charge is 2.06. The molecule has 5 heteroatoms. The van der Waals surface area contributed by atoms with Crippen molar-refractivity contribution >= 4 is 17.2 Å². The Balaban J connectivity index is 1.91. The molecule has 1 aromatic carbocycles. The predicted molar refractivity (Wildman–Crippen MR) is 80.1 cm³/mol. The van der Waals surface area contributed by atoms with Gasteiger partial charge in [-0.1, -0.05) is 19.4 Å². The monoisotopic (exact) mass is 290 g/mol. The first-order valence-electron chi connectivity index (χ1n) is 6.67. The van der Waals surface area contributed by atoms with Crippen molar-refractivity contribution < 1.29 is 9.53 Å². The number of nitrogens with zero attached hydrogens (tertiary/aromatic N) is 1. The maximum atomic E-state index is 11.9. The molecule has 0 saturated heterocycles. The third-order valence-electron chi connectivity index (χ3n) is 2.78. The Morgan fingerprint density at radius 2 is 2.35 bits per heavy atom. The van der Waals surface area contributed by atoms with Gasteiger partial charge in [0.1, 0.15) is 12.4 Å². The molecular formula is C15H18N2O2S. The van der Waals surface area contributed by atoms with E-state index in [0.717, 1.165) is 18.5 Å². The van der Waals surface area contributed by atoms with E-state index < -0.39 is 0 Å². The molecule has 0 unspecified atom stereocenters. The summed E-state index contributed by atoms with van der Waals surface area (Å²) in [6.07, 6.45) is 2.06. The molecule has 0 fully saturated rings. The van der Waals surface area contributed by atoms with Gasteiger partial charge >= 0.3 is 0 Å². The molecule has 1 amide bonds. The molecule has 2 aromatic rings. The van der Waals surface area contributed by atoms with E-state index in [-0.39, 0.29) is 5.91 Å². The molecule has 0 aliphatic heterocycles. The Bertz CT molecular complexity index is 541. The zero-order valence-electron chi connectivity index (χ0n) is 11.5. The first-order chi connectivity index (χ1) is 9.79. The molecule has 0 bridgehead atoms. The fourth-order valence-electron chi connectivity index (χ4n) is 1.67. The van der Waals surface area contributed by atoms with Crippen LogP contribution in [0.5, 0.6) is 5.75 Å². The van der Waals surface area contributed by atoms with Crippen LogP contribution in [0.2, 0.25) is 0 Å². The Morgan fingerprint density at radius 3 is 3.10 bits per heavy atom. The summed E-state index contributed by atoms with van der Waals surface area (Å²) in [5.41, 5.74) is 3.29. The lowest BCUT2D eigenvalue weighted by Gasteiger charge is -2.07. The topological polar surface area (TPSA) is 51.2 Å². The molecule has 1 heterocycles. The number of aromatic nitrogens is 1. The number of amides is 1. The Morgan fingerprint density at radius 1 is 1.45 bits per heavy atom. The zero-order valence-corrected chi connectivity index (χ0v) is 12.3. The van der Waals surface area contributed by atoms with Crippen molar-refractivity contribution in [2.24, 2.45) is 0 Å². The van der Waals surface area contributed by atoms with Crippen molar-refractivity contribution in [3.63, 3.8) is 0 Å². The smallest absolute Gasteiger partial charge is 0.251 e. The Hall–Kier alpha value is -1.88. The predicted octanol–water partition coefficient (Wildman–Crippen LogP) is 3.25. The summed E-state index contributed by atoms with van der Waals surface area (Å²) in [6, 6.07) is 7.21. The number of unbranched alkanes of at least 4 members (excludes halogenated alkanes) is 1. The molecule has 1 aromatic heterocycles. The average Bonchev–Trinajstić information content (AvgIpc) is 2.99. The SMILES string of the molecule is CCCCNC(=O)c1cccc(OCc2cscn2)c1. The van der Waals surface area contributed by atoms with E-state index in [1.807, 2.05) is 17.5 Å². The molecule has 106 valence electrons. The largest absolute Gasteiger partial charge is 0.487 e. The molecular weight excluding hydrogens is 272 g/mol. The van der Waals surface area contributed by atoms with Gasteiger partial charge in [-0.15, -0.1) is 11.3 Å². The molecule has 20 heavy (non-hydrogen) atoms. The van der Waals surface area contributed by atoms with Crippen LogP contribution in [0.1, 0.15) is 35.8 Å². The summed E-state index contributed by atoms with van der Waals surface area (Å²) >= 11 is 1.54. The summed E-state index contributed by atoms with van der Waals surface area (Å²) in [6.45, 7) is 3.22. The molecule has 0 aliphatic carbocycles. The highest BCUT2D eigenvalue weighted by molar-refractivity contribution is 7.07. The molecule has 4 nitrogen and oxygen atoms in total. The van der Waals surface area contributed by atoms with E-state index in [1.54, 1.807) is 17.6 Å². The summed E-state index contributed by atoms with van der Waals surface area (Å²) < 4.78 is 5.63. The second kappa shape index (κ2) is 7.65. The fourth-order valence-corrected chi connectivity index (χ4v) is 2.22. The summed E-state index contributed by atoms with van der Waals surface area (Å²) in [5, 5.41) is 4.84. The number of benzene rings is 1. The number of hydrogen-bond donors (Lipinski definition) is 1. The first-order valence-corrected chi connectivity index (χ1v) is 7.62. The van der Waals surface area contributed by atoms with Crippen molar-refractivity contribution in [3.8, 4) is 5.75 Å². The van der Waals surface area contributed by atoms with Crippen molar-refractivity contribution in [1.82, 2.24) is 10.3 Å². The second-order valence-corrected chi connectivity index (χ2v) is 5.12. The minimum Gasteiger partial charge on any atom is -0.487 e. The van der Waals surface area contributed by atoms with Gasteiger partial charge in [0, 0.05) is 17.5 Å². The van der Waals surface area contributed by atoms with Gasteiger partial charge in [0.15, 0.2) is 0 Å². The van der Waals surface area contributed by atoms with Gasteiger partial charge in [0.2, 0.25) is 0 Å².